The molecular formula is C17H20N2O3. The fourth-order valence-electron chi connectivity index (χ4n) is 2.23. The van der Waals surface area contributed by atoms with Crippen LogP contribution in [0.4, 0.5) is 5.69 Å². The highest BCUT2D eigenvalue weighted by Gasteiger charge is 2.07. The van der Waals surface area contributed by atoms with E-state index < -0.39 is 0 Å². The monoisotopic (exact) mass is 300 g/mol. The lowest BCUT2D eigenvalue weighted by Gasteiger charge is -2.09. The number of ether oxygens (including phenoxy) is 1. The van der Waals surface area contributed by atoms with E-state index in [-0.39, 0.29) is 11.5 Å². The van der Waals surface area contributed by atoms with E-state index >= 15 is 0 Å². The maximum Gasteiger partial charge on any atom is 0.250 e. The number of aryl methyl sites for hydroxylation is 2. The number of amides is 1. The van der Waals surface area contributed by atoms with E-state index in [2.05, 4.69) is 5.32 Å². The maximum absolute atomic E-state index is 12.0. The Bertz CT molecular complexity index is 707. The lowest BCUT2D eigenvalue weighted by molar-refractivity contribution is -0.116. The number of benzene rings is 1. The average molecular weight is 300 g/mol. The number of nitrogens with zero attached hydrogens (tertiary/aromatic N) is 1. The minimum atomic E-state index is -0.0905. The van der Waals surface area contributed by atoms with E-state index in [9.17, 15) is 9.59 Å². The Morgan fingerprint density at radius 1 is 1.23 bits per heavy atom. The third-order valence-electron chi connectivity index (χ3n) is 3.42. The first kappa shape index (κ1) is 15.8. The third-order valence-corrected chi connectivity index (χ3v) is 3.42. The molecule has 0 spiro atoms. The zero-order valence-corrected chi connectivity index (χ0v) is 12.8. The quantitative estimate of drug-likeness (QED) is 0.891. The van der Waals surface area contributed by atoms with Crippen molar-refractivity contribution >= 4 is 11.6 Å². The highest BCUT2D eigenvalue weighted by molar-refractivity contribution is 5.90. The van der Waals surface area contributed by atoms with Gasteiger partial charge >= 0.3 is 0 Å². The van der Waals surface area contributed by atoms with Crippen molar-refractivity contribution in [3.05, 3.63) is 58.5 Å². The van der Waals surface area contributed by atoms with Crippen molar-refractivity contribution in [1.82, 2.24) is 4.57 Å². The number of pyridine rings is 1. The van der Waals surface area contributed by atoms with Crippen LogP contribution in [0.3, 0.4) is 0 Å². The van der Waals surface area contributed by atoms with Gasteiger partial charge in [0.25, 0.3) is 5.56 Å². The lowest BCUT2D eigenvalue weighted by Crippen LogP contribution is -2.19. The molecule has 1 aromatic heterocycles. The largest absolute Gasteiger partial charge is 0.496 e. The number of aromatic nitrogens is 1. The standard InChI is InChI=1S/C17H20N2O3/c1-3-19-12-14(9-11-17(19)21)18-16(20)10-8-13-6-4-5-7-15(13)22-2/h4-7,9,11-12H,3,8,10H2,1-2H3,(H,18,20). The summed E-state index contributed by atoms with van der Waals surface area (Å²) in [6.07, 6.45) is 2.61. The number of carbonyl (C=O) groups excluding carboxylic acids is 1. The van der Waals surface area contributed by atoms with Gasteiger partial charge in [0.05, 0.1) is 12.8 Å². The molecule has 0 fully saturated rings. The first-order valence-electron chi connectivity index (χ1n) is 7.26. The highest BCUT2D eigenvalue weighted by atomic mass is 16.5. The Balaban J connectivity index is 1.97. The Morgan fingerprint density at radius 2 is 2.00 bits per heavy atom. The van der Waals surface area contributed by atoms with Crippen molar-refractivity contribution < 1.29 is 9.53 Å². The predicted molar refractivity (Wildman–Crippen MR) is 86.3 cm³/mol. The molecule has 5 nitrogen and oxygen atoms in total. The van der Waals surface area contributed by atoms with Crippen LogP contribution < -0.4 is 15.6 Å². The van der Waals surface area contributed by atoms with Gasteiger partial charge in [-0.25, -0.2) is 0 Å². The molecule has 0 aliphatic carbocycles. The SMILES string of the molecule is CCn1cc(NC(=O)CCc2ccccc2OC)ccc1=O. The van der Waals surface area contributed by atoms with Crippen molar-refractivity contribution in [3.8, 4) is 5.75 Å². The summed E-state index contributed by atoms with van der Waals surface area (Å²) in [6.45, 7) is 2.46. The van der Waals surface area contributed by atoms with Crippen LogP contribution in [-0.2, 0) is 17.8 Å². The lowest BCUT2D eigenvalue weighted by atomic mass is 10.1. The minimum Gasteiger partial charge on any atom is -0.496 e. The molecule has 1 heterocycles. The van der Waals surface area contributed by atoms with Gasteiger partial charge in [-0.05, 0) is 31.0 Å². The van der Waals surface area contributed by atoms with Gasteiger partial charge in [-0.15, -0.1) is 0 Å². The van der Waals surface area contributed by atoms with E-state index in [1.54, 1.807) is 23.9 Å². The number of hydrogen-bond acceptors (Lipinski definition) is 3. The number of anilines is 1. The molecular weight excluding hydrogens is 280 g/mol. The second-order valence-electron chi connectivity index (χ2n) is 4.90. The van der Waals surface area contributed by atoms with Gasteiger partial charge in [-0.3, -0.25) is 9.59 Å². The molecule has 0 atom stereocenters. The van der Waals surface area contributed by atoms with Crippen LogP contribution in [0.15, 0.2) is 47.4 Å². The summed E-state index contributed by atoms with van der Waals surface area (Å²) >= 11 is 0. The molecule has 0 bridgehead atoms. The van der Waals surface area contributed by atoms with E-state index in [0.717, 1.165) is 11.3 Å². The third kappa shape index (κ3) is 3.97. The van der Waals surface area contributed by atoms with Crippen molar-refractivity contribution in [2.24, 2.45) is 0 Å². The van der Waals surface area contributed by atoms with Crippen LogP contribution in [0.2, 0.25) is 0 Å². The van der Waals surface area contributed by atoms with Gasteiger partial charge in [-0.2, -0.15) is 0 Å². The summed E-state index contributed by atoms with van der Waals surface area (Å²) in [7, 11) is 1.62. The van der Waals surface area contributed by atoms with Crippen LogP contribution in [0.5, 0.6) is 5.75 Å². The van der Waals surface area contributed by atoms with E-state index in [0.29, 0.717) is 25.1 Å². The van der Waals surface area contributed by atoms with Crippen LogP contribution in [0.1, 0.15) is 18.9 Å². The topological polar surface area (TPSA) is 60.3 Å². The van der Waals surface area contributed by atoms with Gasteiger partial charge in [0, 0.05) is 25.2 Å². The molecule has 0 saturated heterocycles. The number of carbonyl (C=O) groups is 1. The Hall–Kier alpha value is -2.56. The Morgan fingerprint density at radius 3 is 2.73 bits per heavy atom. The molecule has 2 rings (SSSR count). The molecule has 0 unspecified atom stereocenters. The fourth-order valence-corrected chi connectivity index (χ4v) is 2.23. The molecule has 0 radical (unpaired) electrons. The zero-order valence-electron chi connectivity index (χ0n) is 12.8. The highest BCUT2D eigenvalue weighted by Crippen LogP contribution is 2.19. The van der Waals surface area contributed by atoms with Gasteiger partial charge < -0.3 is 14.6 Å². The number of methoxy groups -OCH3 is 1. The van der Waals surface area contributed by atoms with Crippen molar-refractivity contribution in [2.75, 3.05) is 12.4 Å². The molecule has 116 valence electrons. The van der Waals surface area contributed by atoms with Crippen molar-refractivity contribution in [1.29, 1.82) is 0 Å². The second-order valence-corrected chi connectivity index (χ2v) is 4.90. The van der Waals surface area contributed by atoms with Crippen LogP contribution >= 0.6 is 0 Å². The molecule has 0 aliphatic rings. The molecule has 0 aliphatic heterocycles. The van der Waals surface area contributed by atoms with Gasteiger partial charge in [0.2, 0.25) is 5.91 Å². The average Bonchev–Trinajstić information content (AvgIpc) is 2.55. The summed E-state index contributed by atoms with van der Waals surface area (Å²) < 4.78 is 6.82. The molecule has 1 amide bonds. The van der Waals surface area contributed by atoms with E-state index in [4.69, 9.17) is 4.74 Å². The first-order chi connectivity index (χ1) is 10.6. The van der Waals surface area contributed by atoms with E-state index in [1.165, 1.54) is 6.07 Å². The van der Waals surface area contributed by atoms with E-state index in [1.807, 2.05) is 31.2 Å². The Labute approximate surface area is 129 Å². The summed E-state index contributed by atoms with van der Waals surface area (Å²) in [5, 5.41) is 2.81. The van der Waals surface area contributed by atoms with Crippen LogP contribution in [-0.4, -0.2) is 17.6 Å². The summed E-state index contributed by atoms with van der Waals surface area (Å²) in [4.78, 5) is 23.5. The summed E-state index contributed by atoms with van der Waals surface area (Å²) in [5.74, 6) is 0.696. The fraction of sp³-hybridized carbons (Fsp3) is 0.294. The number of para-hydroxylation sites is 1. The predicted octanol–water partition coefficient (Wildman–Crippen LogP) is 2.45. The molecule has 1 aromatic carbocycles. The number of rotatable bonds is 6. The second kappa shape index (κ2) is 7.45. The number of nitrogens with one attached hydrogen (secondary N) is 1. The van der Waals surface area contributed by atoms with Crippen LogP contribution in [0.25, 0.3) is 0 Å². The molecule has 2 aromatic rings. The molecule has 1 N–H and O–H groups in total. The normalized spacial score (nSPS) is 10.3. The molecule has 22 heavy (non-hydrogen) atoms. The van der Waals surface area contributed by atoms with Crippen molar-refractivity contribution in [3.63, 3.8) is 0 Å². The molecule has 5 heteroatoms. The summed E-state index contributed by atoms with van der Waals surface area (Å²) in [6, 6.07) is 10.7. The first-order valence-corrected chi connectivity index (χ1v) is 7.26. The van der Waals surface area contributed by atoms with Gasteiger partial charge in [-0.1, -0.05) is 18.2 Å². The number of hydrogen-bond donors (Lipinski definition) is 1. The van der Waals surface area contributed by atoms with Gasteiger partial charge in [0.15, 0.2) is 0 Å². The van der Waals surface area contributed by atoms with Crippen LogP contribution in [0, 0.1) is 0 Å². The Kier molecular flexibility index (Phi) is 5.36. The van der Waals surface area contributed by atoms with Gasteiger partial charge in [0.1, 0.15) is 5.75 Å². The minimum absolute atomic E-state index is 0.0745. The zero-order chi connectivity index (χ0) is 15.9. The molecule has 0 saturated carbocycles. The summed E-state index contributed by atoms with van der Waals surface area (Å²) in [5.41, 5.74) is 1.56. The maximum atomic E-state index is 12.0. The van der Waals surface area contributed by atoms with Crippen molar-refractivity contribution in [2.45, 2.75) is 26.3 Å². The smallest absolute Gasteiger partial charge is 0.250 e.